The van der Waals surface area contributed by atoms with Gasteiger partial charge in [-0.25, -0.2) is 0 Å². The summed E-state index contributed by atoms with van der Waals surface area (Å²) in [5, 5.41) is 0. The van der Waals surface area contributed by atoms with E-state index < -0.39 is 0 Å². The van der Waals surface area contributed by atoms with Gasteiger partial charge in [0.15, 0.2) is 0 Å². The quantitative estimate of drug-likeness (QED) is 0.373. The normalized spacial score (nSPS) is 7.00. The molecule has 0 aromatic heterocycles. The van der Waals surface area contributed by atoms with E-state index in [1.807, 2.05) is 6.08 Å². The molecule has 0 aliphatic rings. The van der Waals surface area contributed by atoms with Gasteiger partial charge in [-0.05, 0) is 6.42 Å². The summed E-state index contributed by atoms with van der Waals surface area (Å²) in [5.74, 6) is 0. The molecule has 0 rings (SSSR count). The minimum absolute atomic E-state index is 0. The van der Waals surface area contributed by atoms with Crippen molar-refractivity contribution in [2.24, 2.45) is 0 Å². The molecule has 0 aromatic rings. The summed E-state index contributed by atoms with van der Waals surface area (Å²) in [6.45, 7) is 5.78. The van der Waals surface area contributed by atoms with Crippen LogP contribution in [0.4, 0.5) is 0 Å². The van der Waals surface area contributed by atoms with Gasteiger partial charge in [0.05, 0.1) is 0 Å². The fourth-order valence-corrected chi connectivity index (χ4v) is 0.348. The van der Waals surface area contributed by atoms with Crippen molar-refractivity contribution >= 4 is 23.9 Å². The number of hydrogen-bond donors (Lipinski definition) is 0. The molecule has 0 aliphatic heterocycles. The van der Waals surface area contributed by atoms with Crippen molar-refractivity contribution in [2.45, 2.75) is 26.2 Å². The van der Waals surface area contributed by atoms with Crippen molar-refractivity contribution in [3.05, 3.63) is 12.7 Å². The zero-order valence-corrected chi connectivity index (χ0v) is 7.76. The van der Waals surface area contributed by atoms with E-state index in [1.165, 1.54) is 19.3 Å². The van der Waals surface area contributed by atoms with Crippen molar-refractivity contribution in [1.29, 1.82) is 0 Å². The Morgan fingerprint density at radius 3 is 2.29 bits per heavy atom. The largest absolute Gasteiger partial charge is 0.103 e. The molecule has 7 heavy (non-hydrogen) atoms. The molecule has 0 unspecified atom stereocenters. The third-order valence-corrected chi connectivity index (χ3v) is 0.762. The number of rotatable bonds is 3. The molecule has 0 atom stereocenters. The summed E-state index contributed by atoms with van der Waals surface area (Å²) in [6, 6.07) is 0. The molecular formula is C6H12Sn. The van der Waals surface area contributed by atoms with E-state index in [9.17, 15) is 0 Å². The molecule has 0 amide bonds. The molecule has 0 aliphatic carbocycles. The Kier molecular flexibility index (Phi) is 14.6. The Labute approximate surface area is 63.0 Å². The summed E-state index contributed by atoms with van der Waals surface area (Å²) in [4.78, 5) is 0. The summed E-state index contributed by atoms with van der Waals surface area (Å²) in [5.41, 5.74) is 0. The summed E-state index contributed by atoms with van der Waals surface area (Å²) in [7, 11) is 0. The molecule has 1 heteroatoms. The Balaban J connectivity index is 0. The predicted molar refractivity (Wildman–Crippen MR) is 35.5 cm³/mol. The summed E-state index contributed by atoms with van der Waals surface area (Å²) >= 11 is 0. The standard InChI is InChI=1S/C6H12.Sn/c1-3-5-6-4-2;/h3H,1,4-6H2,2H3;. The SMILES string of the molecule is C=CCCCC.[Sn]. The third-order valence-electron chi connectivity index (χ3n) is 0.762. The van der Waals surface area contributed by atoms with Crippen LogP contribution in [-0.2, 0) is 0 Å². The molecule has 0 saturated heterocycles. The zero-order chi connectivity index (χ0) is 4.83. The Hall–Kier alpha value is 0.539. The minimum atomic E-state index is 0. The van der Waals surface area contributed by atoms with Crippen LogP contribution in [0.2, 0.25) is 0 Å². The van der Waals surface area contributed by atoms with Gasteiger partial charge < -0.3 is 0 Å². The van der Waals surface area contributed by atoms with Gasteiger partial charge in [0.2, 0.25) is 0 Å². The van der Waals surface area contributed by atoms with Crippen LogP contribution in [0.15, 0.2) is 12.7 Å². The Morgan fingerprint density at radius 2 is 2.14 bits per heavy atom. The van der Waals surface area contributed by atoms with E-state index in [-0.39, 0.29) is 23.9 Å². The van der Waals surface area contributed by atoms with Crippen LogP contribution in [0, 0.1) is 0 Å². The summed E-state index contributed by atoms with van der Waals surface area (Å²) < 4.78 is 0. The van der Waals surface area contributed by atoms with Crippen molar-refractivity contribution in [3.63, 3.8) is 0 Å². The van der Waals surface area contributed by atoms with Gasteiger partial charge in [-0.2, -0.15) is 0 Å². The molecule has 0 N–H and O–H groups in total. The fourth-order valence-electron chi connectivity index (χ4n) is 0.348. The second kappa shape index (κ2) is 9.74. The van der Waals surface area contributed by atoms with Gasteiger partial charge in [0, 0.05) is 23.9 Å². The van der Waals surface area contributed by atoms with Gasteiger partial charge in [0.1, 0.15) is 0 Å². The first-order valence-electron chi connectivity index (χ1n) is 2.52. The van der Waals surface area contributed by atoms with Crippen LogP contribution in [0.25, 0.3) is 0 Å². The van der Waals surface area contributed by atoms with Crippen LogP contribution in [0.3, 0.4) is 0 Å². The maximum Gasteiger partial charge on any atom is 0 e. The van der Waals surface area contributed by atoms with Crippen LogP contribution < -0.4 is 0 Å². The number of allylic oxidation sites excluding steroid dienone is 1. The molecule has 0 saturated carbocycles. The van der Waals surface area contributed by atoms with Crippen molar-refractivity contribution in [2.75, 3.05) is 0 Å². The number of unbranched alkanes of at least 4 members (excludes halogenated alkanes) is 2. The Morgan fingerprint density at radius 1 is 1.57 bits per heavy atom. The maximum atomic E-state index is 3.60. The average molecular weight is 203 g/mol. The van der Waals surface area contributed by atoms with Gasteiger partial charge in [0.25, 0.3) is 0 Å². The smallest absolute Gasteiger partial charge is 0 e. The molecule has 0 spiro atoms. The fraction of sp³-hybridized carbons (Fsp3) is 0.667. The average Bonchev–Trinajstić information content (AvgIpc) is 1.61. The Bertz CT molecular complexity index is 33.2. The second-order valence-electron chi connectivity index (χ2n) is 1.43. The van der Waals surface area contributed by atoms with Gasteiger partial charge in [-0.1, -0.05) is 25.8 Å². The second-order valence-corrected chi connectivity index (χ2v) is 1.43. The van der Waals surface area contributed by atoms with Crippen LogP contribution in [0.1, 0.15) is 26.2 Å². The third kappa shape index (κ3) is 10.8. The van der Waals surface area contributed by atoms with Crippen molar-refractivity contribution < 1.29 is 0 Å². The summed E-state index contributed by atoms with van der Waals surface area (Å²) in [6.07, 6.45) is 5.72. The van der Waals surface area contributed by atoms with Gasteiger partial charge in [-0.15, -0.1) is 6.58 Å². The van der Waals surface area contributed by atoms with E-state index in [0.29, 0.717) is 0 Å². The first-order valence-corrected chi connectivity index (χ1v) is 2.52. The topological polar surface area (TPSA) is 0 Å². The predicted octanol–water partition coefficient (Wildman–Crippen LogP) is 1.98. The van der Waals surface area contributed by atoms with Gasteiger partial charge in [-0.3, -0.25) is 0 Å². The minimum Gasteiger partial charge on any atom is -0.103 e. The van der Waals surface area contributed by atoms with E-state index in [2.05, 4.69) is 13.5 Å². The van der Waals surface area contributed by atoms with E-state index in [0.717, 1.165) is 0 Å². The van der Waals surface area contributed by atoms with E-state index >= 15 is 0 Å². The van der Waals surface area contributed by atoms with E-state index in [1.54, 1.807) is 0 Å². The van der Waals surface area contributed by atoms with Crippen molar-refractivity contribution in [1.82, 2.24) is 0 Å². The molecule has 4 radical (unpaired) electrons. The van der Waals surface area contributed by atoms with Crippen molar-refractivity contribution in [3.8, 4) is 0 Å². The van der Waals surface area contributed by atoms with Crippen LogP contribution in [0.5, 0.6) is 0 Å². The van der Waals surface area contributed by atoms with Gasteiger partial charge >= 0.3 is 0 Å². The van der Waals surface area contributed by atoms with Crippen LogP contribution in [-0.4, -0.2) is 23.9 Å². The molecule has 0 bridgehead atoms. The molecule has 40 valence electrons. The molecule has 0 fully saturated rings. The monoisotopic (exact) mass is 204 g/mol. The molecular weight excluding hydrogens is 191 g/mol. The maximum absolute atomic E-state index is 3.60. The van der Waals surface area contributed by atoms with E-state index in [4.69, 9.17) is 0 Å². The molecule has 0 heterocycles. The first kappa shape index (κ1) is 10.5. The molecule has 0 nitrogen and oxygen atoms in total. The zero-order valence-electron chi connectivity index (χ0n) is 4.91. The van der Waals surface area contributed by atoms with Crippen LogP contribution >= 0.6 is 0 Å². The number of hydrogen-bond acceptors (Lipinski definition) is 0. The first-order chi connectivity index (χ1) is 2.91. The molecule has 0 aromatic carbocycles.